The van der Waals surface area contributed by atoms with E-state index in [0.29, 0.717) is 24.6 Å². The summed E-state index contributed by atoms with van der Waals surface area (Å²) in [5.74, 6) is 0.966. The minimum atomic E-state index is -0.749. The molecule has 0 unspecified atom stereocenters. The van der Waals surface area contributed by atoms with E-state index in [2.05, 4.69) is 23.8 Å². The third-order valence-electron chi connectivity index (χ3n) is 5.13. The molecule has 33 heavy (non-hydrogen) atoms. The van der Waals surface area contributed by atoms with Gasteiger partial charge in [0.05, 0.1) is 19.0 Å². The first-order valence-corrected chi connectivity index (χ1v) is 12.1. The molecule has 2 aromatic rings. The first-order chi connectivity index (χ1) is 16.1. The van der Waals surface area contributed by atoms with Crippen LogP contribution in [0.3, 0.4) is 0 Å². The normalized spacial score (nSPS) is 10.6. The summed E-state index contributed by atoms with van der Waals surface area (Å²) < 4.78 is 15.6. The average Bonchev–Trinajstić information content (AvgIpc) is 2.82. The molecule has 1 heterocycles. The van der Waals surface area contributed by atoms with E-state index in [1.54, 1.807) is 24.3 Å². The van der Waals surface area contributed by atoms with E-state index in [9.17, 15) is 9.59 Å². The molecule has 0 saturated heterocycles. The molecule has 7 nitrogen and oxygen atoms in total. The summed E-state index contributed by atoms with van der Waals surface area (Å²) in [5.41, 5.74) is 0.759. The summed E-state index contributed by atoms with van der Waals surface area (Å²) in [4.78, 5) is 32.2. The van der Waals surface area contributed by atoms with Crippen LogP contribution in [0.15, 0.2) is 36.7 Å². The van der Waals surface area contributed by atoms with Crippen molar-refractivity contribution in [1.29, 1.82) is 0 Å². The second kappa shape index (κ2) is 15.8. The predicted octanol–water partition coefficient (Wildman–Crippen LogP) is 6.90. The highest BCUT2D eigenvalue weighted by atomic mass is 16.7. The van der Waals surface area contributed by atoms with E-state index < -0.39 is 6.16 Å². The Morgan fingerprint density at radius 1 is 0.727 bits per heavy atom. The monoisotopic (exact) mass is 456 g/mol. The van der Waals surface area contributed by atoms with Crippen LogP contribution >= 0.6 is 0 Å². The minimum absolute atomic E-state index is 0.222. The lowest BCUT2D eigenvalue weighted by Gasteiger charge is -2.07. The molecule has 0 aliphatic carbocycles. The number of benzene rings is 1. The Morgan fingerprint density at radius 2 is 1.33 bits per heavy atom. The van der Waals surface area contributed by atoms with Crippen molar-refractivity contribution in [3.63, 3.8) is 0 Å². The summed E-state index contributed by atoms with van der Waals surface area (Å²) in [6.45, 7) is 4.66. The highest BCUT2D eigenvalue weighted by Gasteiger charge is 2.09. The molecule has 0 saturated carbocycles. The zero-order valence-corrected chi connectivity index (χ0v) is 19.9. The van der Waals surface area contributed by atoms with Crippen molar-refractivity contribution in [3.05, 3.63) is 36.7 Å². The first-order valence-electron chi connectivity index (χ1n) is 12.1. The molecule has 0 bridgehead atoms. The van der Waals surface area contributed by atoms with Crippen molar-refractivity contribution in [2.45, 2.75) is 84.5 Å². The van der Waals surface area contributed by atoms with Crippen LogP contribution < -0.4 is 9.47 Å². The van der Waals surface area contributed by atoms with Gasteiger partial charge in [0.25, 0.3) is 0 Å². The van der Waals surface area contributed by atoms with Gasteiger partial charge in [0.2, 0.25) is 0 Å². The van der Waals surface area contributed by atoms with E-state index in [1.807, 2.05) is 0 Å². The topological polar surface area (TPSA) is 87.6 Å². The number of carbonyl (C=O) groups is 2. The molecule has 7 heteroatoms. The maximum Gasteiger partial charge on any atom is 0.513 e. The Kier molecular flexibility index (Phi) is 12.6. The maximum absolute atomic E-state index is 11.9. The number of ether oxygens (including phenoxy) is 3. The Labute approximate surface area is 196 Å². The fourth-order valence-electron chi connectivity index (χ4n) is 3.23. The number of hydrogen-bond donors (Lipinski definition) is 0. The van der Waals surface area contributed by atoms with E-state index in [4.69, 9.17) is 14.2 Å². The predicted molar refractivity (Wildman–Crippen MR) is 127 cm³/mol. The minimum Gasteiger partial charge on any atom is -0.434 e. The number of nitrogens with zero attached hydrogens (tertiary/aromatic N) is 2. The van der Waals surface area contributed by atoms with Gasteiger partial charge in [-0.3, -0.25) is 4.79 Å². The van der Waals surface area contributed by atoms with Gasteiger partial charge >= 0.3 is 12.1 Å². The lowest BCUT2D eigenvalue weighted by molar-refractivity contribution is -0.134. The van der Waals surface area contributed by atoms with Gasteiger partial charge in [0.1, 0.15) is 5.75 Å². The summed E-state index contributed by atoms with van der Waals surface area (Å²) in [6.07, 6.45) is 13.4. The molecule has 0 aliphatic rings. The Morgan fingerprint density at radius 3 is 2.00 bits per heavy atom. The SMILES string of the molecule is CCCCCCCCOC(=O)Oc1cnc(-c2ccc(OC(=O)CCCCCC)cc2)nc1. The summed E-state index contributed by atoms with van der Waals surface area (Å²) in [5, 5.41) is 0. The van der Waals surface area contributed by atoms with Crippen molar-refractivity contribution < 1.29 is 23.8 Å². The van der Waals surface area contributed by atoms with Crippen molar-refractivity contribution in [1.82, 2.24) is 9.97 Å². The average molecular weight is 457 g/mol. The first kappa shape index (κ1) is 26.3. The molecule has 1 aromatic heterocycles. The summed E-state index contributed by atoms with van der Waals surface area (Å²) in [6, 6.07) is 6.99. The molecule has 1 aromatic carbocycles. The Balaban J connectivity index is 1.73. The maximum atomic E-state index is 11.9. The van der Waals surface area contributed by atoms with Crippen LogP contribution in [0.4, 0.5) is 4.79 Å². The molecular weight excluding hydrogens is 420 g/mol. The van der Waals surface area contributed by atoms with Gasteiger partial charge in [0.15, 0.2) is 11.6 Å². The quantitative estimate of drug-likeness (QED) is 0.164. The number of carbonyl (C=O) groups excluding carboxylic acids is 2. The molecule has 2 rings (SSSR count). The number of rotatable bonds is 15. The van der Waals surface area contributed by atoms with Crippen LogP contribution in [0.5, 0.6) is 11.5 Å². The van der Waals surface area contributed by atoms with Crippen LogP contribution in [0.25, 0.3) is 11.4 Å². The largest absolute Gasteiger partial charge is 0.513 e. The Hall–Kier alpha value is -2.96. The van der Waals surface area contributed by atoms with Crippen molar-refractivity contribution in [2.75, 3.05) is 6.61 Å². The molecule has 0 N–H and O–H groups in total. The molecule has 0 fully saturated rings. The van der Waals surface area contributed by atoms with Crippen molar-refractivity contribution in [2.24, 2.45) is 0 Å². The lowest BCUT2D eigenvalue weighted by Crippen LogP contribution is -2.12. The highest BCUT2D eigenvalue weighted by molar-refractivity contribution is 5.72. The van der Waals surface area contributed by atoms with Gasteiger partial charge < -0.3 is 14.2 Å². The Bertz CT molecular complexity index is 822. The molecule has 0 spiro atoms. The van der Waals surface area contributed by atoms with Crippen LogP contribution in [0, 0.1) is 0 Å². The van der Waals surface area contributed by atoms with Gasteiger partial charge in [-0.25, -0.2) is 14.8 Å². The second-order valence-corrected chi connectivity index (χ2v) is 8.02. The van der Waals surface area contributed by atoms with E-state index in [-0.39, 0.29) is 11.7 Å². The van der Waals surface area contributed by atoms with Gasteiger partial charge in [-0.1, -0.05) is 65.2 Å². The standard InChI is InChI=1S/C26H36N2O5/c1-3-5-7-9-10-12-18-31-26(30)33-23-19-27-25(28-20-23)21-14-16-22(17-15-21)32-24(29)13-11-8-6-4-2/h14-17,19-20H,3-13,18H2,1-2H3. The second-order valence-electron chi connectivity index (χ2n) is 8.02. The molecule has 0 atom stereocenters. The number of esters is 1. The third-order valence-corrected chi connectivity index (χ3v) is 5.13. The number of aromatic nitrogens is 2. The fraction of sp³-hybridized carbons (Fsp3) is 0.538. The van der Waals surface area contributed by atoms with E-state index >= 15 is 0 Å². The highest BCUT2D eigenvalue weighted by Crippen LogP contribution is 2.21. The number of unbranched alkanes of at least 4 members (excludes halogenated alkanes) is 8. The van der Waals surface area contributed by atoms with Crippen LogP contribution in [0.2, 0.25) is 0 Å². The molecule has 0 aliphatic heterocycles. The van der Waals surface area contributed by atoms with E-state index in [1.165, 1.54) is 31.7 Å². The van der Waals surface area contributed by atoms with Crippen LogP contribution in [0.1, 0.15) is 84.5 Å². The fourth-order valence-corrected chi connectivity index (χ4v) is 3.23. The molecule has 0 radical (unpaired) electrons. The molecular formula is C26H36N2O5. The van der Waals surface area contributed by atoms with Gasteiger partial charge in [-0.05, 0) is 37.1 Å². The van der Waals surface area contributed by atoms with E-state index in [0.717, 1.165) is 50.5 Å². The summed E-state index contributed by atoms with van der Waals surface area (Å²) >= 11 is 0. The number of hydrogen-bond acceptors (Lipinski definition) is 7. The molecule has 0 amide bonds. The van der Waals surface area contributed by atoms with Gasteiger partial charge in [0, 0.05) is 12.0 Å². The zero-order valence-electron chi connectivity index (χ0n) is 19.9. The van der Waals surface area contributed by atoms with Crippen LogP contribution in [-0.4, -0.2) is 28.7 Å². The molecule has 180 valence electrons. The smallest absolute Gasteiger partial charge is 0.434 e. The van der Waals surface area contributed by atoms with Crippen molar-refractivity contribution >= 4 is 12.1 Å². The summed E-state index contributed by atoms with van der Waals surface area (Å²) in [7, 11) is 0. The van der Waals surface area contributed by atoms with Crippen LogP contribution in [-0.2, 0) is 9.53 Å². The zero-order chi connectivity index (χ0) is 23.7. The lowest BCUT2D eigenvalue weighted by atomic mass is 10.1. The van der Waals surface area contributed by atoms with Gasteiger partial charge in [-0.2, -0.15) is 0 Å². The third kappa shape index (κ3) is 10.9. The van der Waals surface area contributed by atoms with Gasteiger partial charge in [-0.15, -0.1) is 0 Å². The van der Waals surface area contributed by atoms with Crippen molar-refractivity contribution in [3.8, 4) is 22.9 Å².